The van der Waals surface area contributed by atoms with Gasteiger partial charge in [0.1, 0.15) is 11.2 Å². The molecule has 10 rings (SSSR count). The number of anilines is 3. The highest BCUT2D eigenvalue weighted by molar-refractivity contribution is 6.07. The van der Waals surface area contributed by atoms with Crippen LogP contribution in [0.4, 0.5) is 17.1 Å². The van der Waals surface area contributed by atoms with Crippen LogP contribution in [-0.2, 0) is 5.41 Å². The van der Waals surface area contributed by atoms with E-state index in [0.29, 0.717) is 0 Å². The Hall–Kier alpha value is -6.64. The third-order valence-corrected chi connectivity index (χ3v) is 10.5. The second-order valence-electron chi connectivity index (χ2n) is 13.3. The highest BCUT2D eigenvalue weighted by Crippen LogP contribution is 2.56. The lowest BCUT2D eigenvalue weighted by molar-refractivity contribution is 0.668. The lowest BCUT2D eigenvalue weighted by atomic mass is 9.67. The van der Waals surface area contributed by atoms with E-state index in [-0.39, 0.29) is 0 Å². The van der Waals surface area contributed by atoms with E-state index in [4.69, 9.17) is 4.42 Å². The minimum absolute atomic E-state index is 0.458. The monoisotopic (exact) mass is 651 g/mol. The molecule has 0 saturated carbocycles. The van der Waals surface area contributed by atoms with E-state index >= 15 is 0 Å². The molecule has 0 amide bonds. The van der Waals surface area contributed by atoms with Gasteiger partial charge in [-0.3, -0.25) is 0 Å². The topological polar surface area (TPSA) is 16.4 Å². The third-order valence-electron chi connectivity index (χ3n) is 10.5. The Bertz CT molecular complexity index is 2650. The molecule has 1 aromatic heterocycles. The Morgan fingerprint density at radius 2 is 0.941 bits per heavy atom. The van der Waals surface area contributed by atoms with Crippen molar-refractivity contribution in [3.8, 4) is 22.3 Å². The van der Waals surface area contributed by atoms with Gasteiger partial charge in [-0.25, -0.2) is 0 Å². The van der Waals surface area contributed by atoms with Gasteiger partial charge in [0.05, 0.1) is 5.41 Å². The SMILES string of the molecule is c1ccc(-c2cccc(N(c3ccccc3)c3ccc4c(c3)oc3ccc(C5(c6ccccc6)c6ccccc6-c6ccccc65)cc34)c2)cc1. The molecule has 1 heterocycles. The summed E-state index contributed by atoms with van der Waals surface area (Å²) in [5, 5.41) is 2.22. The molecule has 0 spiro atoms. The molecule has 2 heteroatoms. The van der Waals surface area contributed by atoms with Crippen molar-refractivity contribution in [3.63, 3.8) is 0 Å². The molecule has 0 aliphatic heterocycles. The molecule has 1 aliphatic carbocycles. The molecule has 0 saturated heterocycles. The Balaban J connectivity index is 1.15. The summed E-state index contributed by atoms with van der Waals surface area (Å²) < 4.78 is 6.68. The Kier molecular flexibility index (Phi) is 6.75. The van der Waals surface area contributed by atoms with Gasteiger partial charge in [-0.05, 0) is 93.0 Å². The summed E-state index contributed by atoms with van der Waals surface area (Å²) in [7, 11) is 0. The standard InChI is InChI=1S/C49H33NO/c1-4-15-34(16-5-1)35-17-14-22-39(31-35)50(38-20-8-3-9-21-38)40-28-29-43-44-32-37(27-30-47(44)51-48(43)33-40)49(36-18-6-2-7-19-36)45-25-12-10-23-41(45)42-24-11-13-26-46(42)49/h1-33H. The fraction of sp³-hybridized carbons (Fsp3) is 0.0204. The summed E-state index contributed by atoms with van der Waals surface area (Å²) >= 11 is 0. The van der Waals surface area contributed by atoms with Gasteiger partial charge in [0.15, 0.2) is 0 Å². The first-order valence-corrected chi connectivity index (χ1v) is 17.5. The van der Waals surface area contributed by atoms with E-state index in [1.807, 2.05) is 0 Å². The average molecular weight is 652 g/mol. The third kappa shape index (κ3) is 4.57. The highest BCUT2D eigenvalue weighted by Gasteiger charge is 2.46. The number of furan rings is 1. The first kappa shape index (κ1) is 29.3. The van der Waals surface area contributed by atoms with E-state index in [1.54, 1.807) is 0 Å². The number of fused-ring (bicyclic) bond motifs is 6. The second-order valence-corrected chi connectivity index (χ2v) is 13.3. The lowest BCUT2D eigenvalue weighted by Crippen LogP contribution is -2.28. The number of benzene rings is 8. The summed E-state index contributed by atoms with van der Waals surface area (Å²) in [6, 6.07) is 72.0. The molecule has 51 heavy (non-hydrogen) atoms. The fourth-order valence-corrected chi connectivity index (χ4v) is 8.33. The minimum Gasteiger partial charge on any atom is -0.456 e. The summed E-state index contributed by atoms with van der Waals surface area (Å²) in [6.07, 6.45) is 0. The summed E-state index contributed by atoms with van der Waals surface area (Å²) in [5.74, 6) is 0. The van der Waals surface area contributed by atoms with Crippen LogP contribution in [0.15, 0.2) is 205 Å². The van der Waals surface area contributed by atoms with Crippen molar-refractivity contribution in [3.05, 3.63) is 222 Å². The second kappa shape index (κ2) is 11.8. The van der Waals surface area contributed by atoms with E-state index < -0.39 is 5.41 Å². The van der Waals surface area contributed by atoms with E-state index in [2.05, 4.69) is 205 Å². The number of para-hydroxylation sites is 1. The van der Waals surface area contributed by atoms with Crippen molar-refractivity contribution < 1.29 is 4.42 Å². The van der Waals surface area contributed by atoms with Gasteiger partial charge in [0.2, 0.25) is 0 Å². The number of hydrogen-bond acceptors (Lipinski definition) is 2. The van der Waals surface area contributed by atoms with Gasteiger partial charge in [0, 0.05) is 33.9 Å². The van der Waals surface area contributed by atoms with Crippen molar-refractivity contribution in [2.24, 2.45) is 0 Å². The van der Waals surface area contributed by atoms with Crippen LogP contribution in [0.3, 0.4) is 0 Å². The molecule has 2 nitrogen and oxygen atoms in total. The predicted molar refractivity (Wildman–Crippen MR) is 211 cm³/mol. The lowest BCUT2D eigenvalue weighted by Gasteiger charge is -2.33. The van der Waals surface area contributed by atoms with Gasteiger partial charge < -0.3 is 9.32 Å². The Morgan fingerprint density at radius 1 is 0.353 bits per heavy atom. The molecule has 0 unspecified atom stereocenters. The van der Waals surface area contributed by atoms with Crippen LogP contribution in [0.2, 0.25) is 0 Å². The smallest absolute Gasteiger partial charge is 0.137 e. The van der Waals surface area contributed by atoms with Crippen LogP contribution in [0.5, 0.6) is 0 Å². The van der Waals surface area contributed by atoms with Crippen molar-refractivity contribution in [1.82, 2.24) is 0 Å². The molecule has 1 aliphatic rings. The van der Waals surface area contributed by atoms with Gasteiger partial charge in [-0.2, -0.15) is 0 Å². The van der Waals surface area contributed by atoms with Gasteiger partial charge in [-0.15, -0.1) is 0 Å². The van der Waals surface area contributed by atoms with Crippen LogP contribution in [0.25, 0.3) is 44.2 Å². The molecular formula is C49H33NO. The van der Waals surface area contributed by atoms with Gasteiger partial charge in [0.25, 0.3) is 0 Å². The van der Waals surface area contributed by atoms with Crippen LogP contribution in [-0.4, -0.2) is 0 Å². The van der Waals surface area contributed by atoms with Crippen LogP contribution in [0.1, 0.15) is 22.3 Å². The van der Waals surface area contributed by atoms with Crippen LogP contribution >= 0.6 is 0 Å². The normalized spacial score (nSPS) is 12.9. The number of nitrogens with zero attached hydrogens (tertiary/aromatic N) is 1. The number of rotatable bonds is 6. The summed E-state index contributed by atoms with van der Waals surface area (Å²) in [5.41, 5.74) is 14.5. The first-order valence-electron chi connectivity index (χ1n) is 17.5. The van der Waals surface area contributed by atoms with Crippen LogP contribution < -0.4 is 4.90 Å². The maximum atomic E-state index is 6.68. The Labute approximate surface area is 297 Å². The summed E-state index contributed by atoms with van der Waals surface area (Å²) in [4.78, 5) is 2.31. The molecule has 0 N–H and O–H groups in total. The zero-order valence-corrected chi connectivity index (χ0v) is 27.9. The molecule has 0 fully saturated rings. The summed E-state index contributed by atoms with van der Waals surface area (Å²) in [6.45, 7) is 0. The van der Waals surface area contributed by atoms with Crippen LogP contribution in [0, 0.1) is 0 Å². The molecule has 8 aromatic carbocycles. The van der Waals surface area contributed by atoms with Crippen molar-refractivity contribution >= 4 is 39.0 Å². The largest absolute Gasteiger partial charge is 0.456 e. The molecule has 9 aromatic rings. The highest BCUT2D eigenvalue weighted by atomic mass is 16.3. The molecule has 0 atom stereocenters. The average Bonchev–Trinajstić information content (AvgIpc) is 3.72. The molecule has 0 radical (unpaired) electrons. The maximum Gasteiger partial charge on any atom is 0.137 e. The molecular weight excluding hydrogens is 619 g/mol. The first-order chi connectivity index (χ1) is 25.3. The number of hydrogen-bond donors (Lipinski definition) is 0. The van der Waals surface area contributed by atoms with E-state index in [9.17, 15) is 0 Å². The molecule has 240 valence electrons. The zero-order chi connectivity index (χ0) is 33.8. The minimum atomic E-state index is -0.458. The Morgan fingerprint density at radius 3 is 1.67 bits per heavy atom. The van der Waals surface area contributed by atoms with Gasteiger partial charge >= 0.3 is 0 Å². The molecule has 0 bridgehead atoms. The van der Waals surface area contributed by atoms with Crippen molar-refractivity contribution in [2.75, 3.05) is 4.90 Å². The van der Waals surface area contributed by atoms with E-state index in [0.717, 1.165) is 39.0 Å². The van der Waals surface area contributed by atoms with Crippen molar-refractivity contribution in [2.45, 2.75) is 5.41 Å². The van der Waals surface area contributed by atoms with Crippen molar-refractivity contribution in [1.29, 1.82) is 0 Å². The van der Waals surface area contributed by atoms with E-state index in [1.165, 1.54) is 44.5 Å². The fourth-order valence-electron chi connectivity index (χ4n) is 8.33. The predicted octanol–water partition coefficient (Wildman–Crippen LogP) is 13.1. The zero-order valence-electron chi connectivity index (χ0n) is 27.9. The maximum absolute atomic E-state index is 6.68. The quantitative estimate of drug-likeness (QED) is 0.178. The van der Waals surface area contributed by atoms with Gasteiger partial charge in [-0.1, -0.05) is 146 Å².